The van der Waals surface area contributed by atoms with Crippen molar-refractivity contribution >= 4 is 22.5 Å². The molecule has 0 atom stereocenters. The molecule has 4 rings (SSSR count). The van der Waals surface area contributed by atoms with Crippen LogP contribution in [0.2, 0.25) is 0 Å². The van der Waals surface area contributed by atoms with Crippen molar-refractivity contribution in [2.45, 2.75) is 18.8 Å². The number of non-ortho nitro benzene ring substituents is 1. The van der Waals surface area contributed by atoms with Crippen LogP contribution in [0.25, 0.3) is 11.2 Å². The van der Waals surface area contributed by atoms with Gasteiger partial charge in [-0.25, -0.2) is 15.0 Å². The highest BCUT2D eigenvalue weighted by molar-refractivity contribution is 5.72. The van der Waals surface area contributed by atoms with Gasteiger partial charge in [0.05, 0.1) is 16.9 Å². The first-order chi connectivity index (χ1) is 11.7. The molecule has 24 heavy (non-hydrogen) atoms. The first kappa shape index (κ1) is 14.6. The van der Waals surface area contributed by atoms with Crippen LogP contribution in [-0.4, -0.2) is 37.9 Å². The number of hydrogen-bond donors (Lipinski definition) is 1. The maximum absolute atomic E-state index is 10.7. The number of fused-ring (bicyclic) bond motifs is 1. The minimum atomic E-state index is -0.374. The SMILES string of the molecule is O=[N+]([O-])c1ccc(N2CCC(c3ncnc4nc[nH]c34)CC2)cc1. The second-order valence-electron chi connectivity index (χ2n) is 5.89. The predicted molar refractivity (Wildman–Crippen MR) is 89.0 cm³/mol. The lowest BCUT2D eigenvalue weighted by Gasteiger charge is -2.33. The Hall–Kier alpha value is -3.03. The maximum atomic E-state index is 10.7. The van der Waals surface area contributed by atoms with Crippen LogP contribution in [-0.2, 0) is 0 Å². The average Bonchev–Trinajstić information content (AvgIpc) is 3.11. The Morgan fingerprint density at radius 1 is 1.12 bits per heavy atom. The summed E-state index contributed by atoms with van der Waals surface area (Å²) in [6, 6.07) is 6.74. The van der Waals surface area contributed by atoms with Gasteiger partial charge in [0.15, 0.2) is 5.65 Å². The smallest absolute Gasteiger partial charge is 0.269 e. The van der Waals surface area contributed by atoms with Gasteiger partial charge in [0, 0.05) is 36.8 Å². The molecule has 3 heterocycles. The Morgan fingerprint density at radius 3 is 2.58 bits per heavy atom. The van der Waals surface area contributed by atoms with Crippen molar-refractivity contribution in [1.29, 1.82) is 0 Å². The highest BCUT2D eigenvalue weighted by Gasteiger charge is 2.24. The van der Waals surface area contributed by atoms with Crippen LogP contribution < -0.4 is 4.90 Å². The van der Waals surface area contributed by atoms with Crippen molar-refractivity contribution < 1.29 is 4.92 Å². The zero-order chi connectivity index (χ0) is 16.5. The summed E-state index contributed by atoms with van der Waals surface area (Å²) in [7, 11) is 0. The van der Waals surface area contributed by atoms with E-state index >= 15 is 0 Å². The number of piperidine rings is 1. The van der Waals surface area contributed by atoms with Crippen molar-refractivity contribution in [2.24, 2.45) is 0 Å². The van der Waals surface area contributed by atoms with Crippen LogP contribution in [0.4, 0.5) is 11.4 Å². The van der Waals surface area contributed by atoms with Crippen molar-refractivity contribution in [2.75, 3.05) is 18.0 Å². The molecule has 122 valence electrons. The van der Waals surface area contributed by atoms with Gasteiger partial charge in [-0.15, -0.1) is 0 Å². The molecule has 0 saturated carbocycles. The number of aromatic amines is 1. The molecule has 0 radical (unpaired) electrons. The third kappa shape index (κ3) is 2.55. The monoisotopic (exact) mass is 324 g/mol. The zero-order valence-electron chi connectivity index (χ0n) is 12.9. The third-order valence-electron chi connectivity index (χ3n) is 4.56. The van der Waals surface area contributed by atoms with Crippen LogP contribution >= 0.6 is 0 Å². The van der Waals surface area contributed by atoms with Gasteiger partial charge in [0.1, 0.15) is 11.8 Å². The number of benzene rings is 1. The fraction of sp³-hybridized carbons (Fsp3) is 0.312. The van der Waals surface area contributed by atoms with Gasteiger partial charge in [0.2, 0.25) is 0 Å². The first-order valence-electron chi connectivity index (χ1n) is 7.86. The molecule has 0 amide bonds. The first-order valence-corrected chi connectivity index (χ1v) is 7.86. The molecule has 8 heteroatoms. The van der Waals surface area contributed by atoms with E-state index in [4.69, 9.17) is 0 Å². The van der Waals surface area contributed by atoms with E-state index in [1.807, 2.05) is 12.1 Å². The normalized spacial score (nSPS) is 15.8. The number of anilines is 1. The third-order valence-corrected chi connectivity index (χ3v) is 4.56. The van der Waals surface area contributed by atoms with Crippen molar-refractivity contribution in [3.8, 4) is 0 Å². The lowest BCUT2D eigenvalue weighted by Crippen LogP contribution is -2.33. The highest BCUT2D eigenvalue weighted by Crippen LogP contribution is 2.32. The lowest BCUT2D eigenvalue weighted by atomic mass is 9.92. The molecule has 0 spiro atoms. The molecule has 1 fully saturated rings. The van der Waals surface area contributed by atoms with E-state index in [9.17, 15) is 10.1 Å². The summed E-state index contributed by atoms with van der Waals surface area (Å²) in [5.41, 5.74) is 3.80. The molecule has 3 aromatic rings. The Balaban J connectivity index is 1.48. The van der Waals surface area contributed by atoms with Crippen LogP contribution in [0.5, 0.6) is 0 Å². The molecule has 1 N–H and O–H groups in total. The molecular formula is C16H16N6O2. The highest BCUT2D eigenvalue weighted by atomic mass is 16.6. The van der Waals surface area contributed by atoms with Gasteiger partial charge in [-0.2, -0.15) is 0 Å². The quantitative estimate of drug-likeness (QED) is 0.587. The number of nitro benzene ring substituents is 1. The van der Waals surface area contributed by atoms with Crippen molar-refractivity contribution in [1.82, 2.24) is 19.9 Å². The number of imidazole rings is 1. The van der Waals surface area contributed by atoms with Gasteiger partial charge < -0.3 is 9.88 Å². The molecule has 1 saturated heterocycles. The number of nitrogens with one attached hydrogen (secondary N) is 1. The number of H-pyrrole nitrogens is 1. The molecule has 1 aliphatic heterocycles. The van der Waals surface area contributed by atoms with Crippen LogP contribution in [0.1, 0.15) is 24.5 Å². The van der Waals surface area contributed by atoms with Gasteiger partial charge in [-0.1, -0.05) is 0 Å². The van der Waals surface area contributed by atoms with Gasteiger partial charge in [-0.05, 0) is 25.0 Å². The standard InChI is InChI=1S/C16H16N6O2/c23-22(24)13-3-1-12(2-4-13)21-7-5-11(6-8-21)14-15-16(19-9-17-14)20-10-18-15/h1-4,9-11H,5-8H2,(H,17,18,19,20). The van der Waals surface area contributed by atoms with E-state index in [1.165, 1.54) is 0 Å². The molecule has 8 nitrogen and oxygen atoms in total. The van der Waals surface area contributed by atoms with E-state index in [0.717, 1.165) is 42.8 Å². The Labute approximate surface area is 137 Å². The van der Waals surface area contributed by atoms with E-state index in [1.54, 1.807) is 24.8 Å². The van der Waals surface area contributed by atoms with Gasteiger partial charge in [0.25, 0.3) is 5.69 Å². The van der Waals surface area contributed by atoms with Crippen LogP contribution in [0.3, 0.4) is 0 Å². The van der Waals surface area contributed by atoms with E-state index in [-0.39, 0.29) is 10.6 Å². The minimum Gasteiger partial charge on any atom is -0.371 e. The lowest BCUT2D eigenvalue weighted by molar-refractivity contribution is -0.384. The number of rotatable bonds is 3. The second-order valence-corrected chi connectivity index (χ2v) is 5.89. The maximum Gasteiger partial charge on any atom is 0.269 e. The van der Waals surface area contributed by atoms with Gasteiger partial charge in [-0.3, -0.25) is 10.1 Å². The summed E-state index contributed by atoms with van der Waals surface area (Å²) in [5.74, 6) is 0.366. The minimum absolute atomic E-state index is 0.122. The van der Waals surface area contributed by atoms with E-state index < -0.39 is 0 Å². The van der Waals surface area contributed by atoms with Crippen molar-refractivity contribution in [3.63, 3.8) is 0 Å². The molecular weight excluding hydrogens is 308 g/mol. The molecule has 0 bridgehead atoms. The summed E-state index contributed by atoms with van der Waals surface area (Å²) >= 11 is 0. The molecule has 2 aromatic heterocycles. The predicted octanol–water partition coefficient (Wildman–Crippen LogP) is 2.65. The molecule has 0 unspecified atom stereocenters. The summed E-state index contributed by atoms with van der Waals surface area (Å²) < 4.78 is 0. The van der Waals surface area contributed by atoms with Crippen LogP contribution in [0.15, 0.2) is 36.9 Å². The number of hydrogen-bond acceptors (Lipinski definition) is 6. The van der Waals surface area contributed by atoms with Crippen LogP contribution in [0, 0.1) is 10.1 Å². The topological polar surface area (TPSA) is 101 Å². The second kappa shape index (κ2) is 5.88. The Kier molecular flexibility index (Phi) is 3.56. The molecule has 1 aromatic carbocycles. The fourth-order valence-electron chi connectivity index (χ4n) is 3.29. The zero-order valence-corrected chi connectivity index (χ0v) is 12.9. The average molecular weight is 324 g/mol. The van der Waals surface area contributed by atoms with E-state index in [2.05, 4.69) is 24.8 Å². The summed E-state index contributed by atoms with van der Waals surface area (Å²) in [6.07, 6.45) is 5.17. The number of aromatic nitrogens is 4. The number of nitro groups is 1. The number of nitrogens with zero attached hydrogens (tertiary/aromatic N) is 5. The summed E-state index contributed by atoms with van der Waals surface area (Å²) in [4.78, 5) is 28.6. The largest absolute Gasteiger partial charge is 0.371 e. The summed E-state index contributed by atoms with van der Waals surface area (Å²) in [6.45, 7) is 1.78. The molecule has 1 aliphatic rings. The Morgan fingerprint density at radius 2 is 1.88 bits per heavy atom. The van der Waals surface area contributed by atoms with E-state index in [0.29, 0.717) is 11.6 Å². The summed E-state index contributed by atoms with van der Waals surface area (Å²) in [5, 5.41) is 10.7. The Bertz CT molecular complexity index is 868. The molecule has 0 aliphatic carbocycles. The van der Waals surface area contributed by atoms with Crippen molar-refractivity contribution in [3.05, 3.63) is 52.7 Å². The fourth-order valence-corrected chi connectivity index (χ4v) is 3.29. The van der Waals surface area contributed by atoms with Gasteiger partial charge >= 0.3 is 0 Å².